The van der Waals surface area contributed by atoms with Gasteiger partial charge in [-0.25, -0.2) is 0 Å². The summed E-state index contributed by atoms with van der Waals surface area (Å²) in [5.41, 5.74) is 0.699. The number of hydrogen-bond acceptors (Lipinski definition) is 2. The zero-order chi connectivity index (χ0) is 15.8. The topological polar surface area (TPSA) is 62.6 Å². The molecule has 1 aromatic carbocycles. The molecule has 5 nitrogen and oxygen atoms in total. The lowest BCUT2D eigenvalue weighted by atomic mass is 10.2. The number of amides is 2. The maximum Gasteiger partial charge on any atom is 0.282 e. The van der Waals surface area contributed by atoms with Crippen molar-refractivity contribution in [3.8, 4) is 0 Å². The van der Waals surface area contributed by atoms with E-state index in [1.165, 1.54) is 0 Å². The first-order valence-electron chi connectivity index (χ1n) is 7.15. The van der Waals surface area contributed by atoms with E-state index < -0.39 is 0 Å². The Morgan fingerprint density at radius 1 is 1.24 bits per heavy atom. The van der Waals surface area contributed by atoms with E-state index >= 15 is 0 Å². The molecule has 2 amide bonds. The van der Waals surface area contributed by atoms with Crippen LogP contribution in [0.3, 0.4) is 0 Å². The molecule has 116 valence electrons. The zero-order valence-corrected chi connectivity index (χ0v) is 13.5. The fourth-order valence-corrected chi connectivity index (χ4v) is 2.15. The number of nitrogens with one attached hydrogen (secondary N) is 3. The molecule has 0 saturated heterocycles. The van der Waals surface area contributed by atoms with Gasteiger partial charge in [0.15, 0.2) is 12.6 Å². The fourth-order valence-electron chi connectivity index (χ4n) is 2.02. The minimum absolute atomic E-state index is 0.0412. The van der Waals surface area contributed by atoms with E-state index in [0.717, 1.165) is 4.90 Å². The van der Waals surface area contributed by atoms with Gasteiger partial charge in [0.2, 0.25) is 0 Å². The van der Waals surface area contributed by atoms with Crippen LogP contribution in [0.15, 0.2) is 24.3 Å². The Hall–Kier alpha value is -1.59. The van der Waals surface area contributed by atoms with Gasteiger partial charge in [-0.05, 0) is 45.0 Å². The molecule has 0 aliphatic heterocycles. The molecule has 1 aromatic rings. The maximum absolute atomic E-state index is 12.2. The van der Waals surface area contributed by atoms with Crippen LogP contribution in [0.4, 0.5) is 5.69 Å². The third-order valence-corrected chi connectivity index (χ3v) is 3.59. The summed E-state index contributed by atoms with van der Waals surface area (Å²) in [4.78, 5) is 24.8. The molecule has 1 unspecified atom stereocenters. The lowest BCUT2D eigenvalue weighted by Gasteiger charge is -2.23. The molecule has 3 N–H and O–H groups in total. The van der Waals surface area contributed by atoms with Gasteiger partial charge in [0, 0.05) is 17.3 Å². The van der Waals surface area contributed by atoms with Gasteiger partial charge in [0.1, 0.15) is 0 Å². The van der Waals surface area contributed by atoms with Gasteiger partial charge >= 0.3 is 0 Å². The molecular weight excluding hydrogens is 290 g/mol. The molecule has 21 heavy (non-hydrogen) atoms. The Morgan fingerprint density at radius 2 is 1.86 bits per heavy atom. The van der Waals surface area contributed by atoms with E-state index in [9.17, 15) is 9.59 Å². The number of quaternary nitrogens is 1. The van der Waals surface area contributed by atoms with Crippen molar-refractivity contribution < 1.29 is 14.5 Å². The van der Waals surface area contributed by atoms with Gasteiger partial charge in [-0.15, -0.1) is 0 Å². The second-order valence-corrected chi connectivity index (χ2v) is 5.30. The van der Waals surface area contributed by atoms with Crippen molar-refractivity contribution in [2.45, 2.75) is 26.8 Å². The lowest BCUT2D eigenvalue weighted by molar-refractivity contribution is -0.904. The maximum atomic E-state index is 12.2. The molecule has 6 heteroatoms. The first-order chi connectivity index (χ1) is 9.97. The van der Waals surface area contributed by atoms with E-state index in [4.69, 9.17) is 11.6 Å². The number of carbonyl (C=O) groups excluding carboxylic acids is 2. The van der Waals surface area contributed by atoms with Crippen LogP contribution in [0.1, 0.15) is 20.8 Å². The monoisotopic (exact) mass is 312 g/mol. The SMILES string of the molecule is CCNC(=O)C[NH+](CC)[C@H](C)C(=O)Nc1ccc(Cl)cc1. The molecule has 0 saturated carbocycles. The fraction of sp³-hybridized carbons (Fsp3) is 0.467. The van der Waals surface area contributed by atoms with Crippen LogP contribution in [0.2, 0.25) is 5.02 Å². The quantitative estimate of drug-likeness (QED) is 0.694. The average Bonchev–Trinajstić information content (AvgIpc) is 2.46. The predicted octanol–water partition coefficient (Wildman–Crippen LogP) is 0.708. The first-order valence-corrected chi connectivity index (χ1v) is 7.53. The molecule has 1 rings (SSSR count). The van der Waals surface area contributed by atoms with Gasteiger partial charge in [-0.3, -0.25) is 9.59 Å². The molecule has 0 heterocycles. The Kier molecular flexibility index (Phi) is 7.19. The Morgan fingerprint density at radius 3 is 2.38 bits per heavy atom. The molecular formula is C15H23ClN3O2+. The van der Waals surface area contributed by atoms with Gasteiger partial charge in [-0.1, -0.05) is 11.6 Å². The van der Waals surface area contributed by atoms with Gasteiger partial charge in [0.25, 0.3) is 11.8 Å². The summed E-state index contributed by atoms with van der Waals surface area (Å²) < 4.78 is 0. The minimum Gasteiger partial charge on any atom is -0.351 e. The third kappa shape index (κ3) is 5.73. The first kappa shape index (κ1) is 17.5. The third-order valence-electron chi connectivity index (χ3n) is 3.33. The Bertz CT molecular complexity index is 476. The van der Waals surface area contributed by atoms with E-state index in [1.54, 1.807) is 24.3 Å². The van der Waals surface area contributed by atoms with Crippen LogP contribution in [-0.4, -0.2) is 37.5 Å². The average molecular weight is 313 g/mol. The van der Waals surface area contributed by atoms with Crippen molar-refractivity contribution in [2.75, 3.05) is 25.0 Å². The summed E-state index contributed by atoms with van der Waals surface area (Å²) in [6, 6.07) is 6.64. The van der Waals surface area contributed by atoms with Crippen molar-refractivity contribution >= 4 is 29.1 Å². The van der Waals surface area contributed by atoms with Crippen molar-refractivity contribution in [1.82, 2.24) is 5.32 Å². The molecule has 0 aromatic heterocycles. The Labute approximate surface area is 130 Å². The summed E-state index contributed by atoms with van der Waals surface area (Å²) in [7, 11) is 0. The van der Waals surface area contributed by atoms with E-state index in [2.05, 4.69) is 10.6 Å². The largest absolute Gasteiger partial charge is 0.351 e. The number of carbonyl (C=O) groups is 2. The normalized spacial score (nSPS) is 13.3. The number of benzene rings is 1. The number of halogens is 1. The van der Waals surface area contributed by atoms with Crippen LogP contribution in [0.5, 0.6) is 0 Å². The summed E-state index contributed by atoms with van der Waals surface area (Å²) in [5.74, 6) is -0.154. The highest BCUT2D eigenvalue weighted by molar-refractivity contribution is 6.30. The molecule has 0 spiro atoms. The van der Waals surface area contributed by atoms with Crippen molar-refractivity contribution in [2.24, 2.45) is 0 Å². The highest BCUT2D eigenvalue weighted by Gasteiger charge is 2.25. The van der Waals surface area contributed by atoms with Crippen LogP contribution in [0.25, 0.3) is 0 Å². The standard InChI is InChI=1S/C15H22ClN3O2/c1-4-17-14(20)10-19(5-2)11(3)15(21)18-13-8-6-12(16)7-9-13/h6-9,11H,4-5,10H2,1-3H3,(H,17,20)(H,18,21)/p+1/t11-/m1/s1. The smallest absolute Gasteiger partial charge is 0.282 e. The number of hydrogen-bond donors (Lipinski definition) is 3. The minimum atomic E-state index is -0.312. The van der Waals surface area contributed by atoms with Crippen molar-refractivity contribution in [3.05, 3.63) is 29.3 Å². The molecule has 0 aliphatic rings. The van der Waals surface area contributed by atoms with E-state index in [-0.39, 0.29) is 17.9 Å². The van der Waals surface area contributed by atoms with Crippen LogP contribution in [-0.2, 0) is 9.59 Å². The van der Waals surface area contributed by atoms with Crippen LogP contribution >= 0.6 is 11.6 Å². The highest BCUT2D eigenvalue weighted by Crippen LogP contribution is 2.13. The lowest BCUT2D eigenvalue weighted by Crippen LogP contribution is -3.17. The van der Waals surface area contributed by atoms with Crippen LogP contribution in [0, 0.1) is 0 Å². The van der Waals surface area contributed by atoms with E-state index in [1.807, 2.05) is 20.8 Å². The van der Waals surface area contributed by atoms with Crippen LogP contribution < -0.4 is 15.5 Å². The Balaban J connectivity index is 2.62. The summed E-state index contributed by atoms with van der Waals surface area (Å²) >= 11 is 5.81. The van der Waals surface area contributed by atoms with Crippen molar-refractivity contribution in [1.29, 1.82) is 0 Å². The summed E-state index contributed by atoms with van der Waals surface area (Å²) in [6.07, 6.45) is 0. The predicted molar refractivity (Wildman–Crippen MR) is 84.6 cm³/mol. The summed E-state index contributed by atoms with van der Waals surface area (Å²) in [6.45, 7) is 7.25. The molecule has 2 atom stereocenters. The second-order valence-electron chi connectivity index (χ2n) is 4.86. The molecule has 0 radical (unpaired) electrons. The van der Waals surface area contributed by atoms with Gasteiger partial charge in [0.05, 0.1) is 6.54 Å². The van der Waals surface area contributed by atoms with Gasteiger partial charge < -0.3 is 15.5 Å². The van der Waals surface area contributed by atoms with E-state index in [0.29, 0.717) is 30.3 Å². The summed E-state index contributed by atoms with van der Waals surface area (Å²) in [5, 5.41) is 6.22. The zero-order valence-electron chi connectivity index (χ0n) is 12.7. The molecule has 0 aliphatic carbocycles. The number of anilines is 1. The number of rotatable bonds is 7. The van der Waals surface area contributed by atoms with Crippen molar-refractivity contribution in [3.63, 3.8) is 0 Å². The molecule has 0 bridgehead atoms. The van der Waals surface area contributed by atoms with Gasteiger partial charge in [-0.2, -0.15) is 0 Å². The molecule has 0 fully saturated rings. The number of likely N-dealkylation sites (N-methyl/N-ethyl adjacent to an activating group) is 2. The highest BCUT2D eigenvalue weighted by atomic mass is 35.5. The second kappa shape index (κ2) is 8.64.